The second kappa shape index (κ2) is 5.27. The van der Waals surface area contributed by atoms with E-state index in [9.17, 15) is 13.6 Å². The molecule has 0 aliphatic rings. The number of halogens is 2. The molecular formula is C13H11F2NOS. The summed E-state index contributed by atoms with van der Waals surface area (Å²) in [7, 11) is 1.63. The van der Waals surface area contributed by atoms with Crippen molar-refractivity contribution in [1.29, 1.82) is 0 Å². The average molecular weight is 267 g/mol. The third-order valence-corrected chi connectivity index (χ3v) is 3.20. The molecule has 18 heavy (non-hydrogen) atoms. The Morgan fingerprint density at radius 1 is 1.28 bits per heavy atom. The minimum absolute atomic E-state index is 0.138. The normalized spacial score (nSPS) is 10.4. The number of hydrogen-bond donors (Lipinski definition) is 0. The Kier molecular flexibility index (Phi) is 3.72. The van der Waals surface area contributed by atoms with E-state index in [1.165, 1.54) is 22.3 Å². The van der Waals surface area contributed by atoms with Crippen LogP contribution in [0.4, 0.5) is 8.78 Å². The zero-order chi connectivity index (χ0) is 13.1. The number of thiophene rings is 1. The highest BCUT2D eigenvalue weighted by Crippen LogP contribution is 2.13. The molecule has 0 N–H and O–H groups in total. The van der Waals surface area contributed by atoms with Gasteiger partial charge in [0.1, 0.15) is 0 Å². The van der Waals surface area contributed by atoms with E-state index in [2.05, 4.69) is 0 Å². The summed E-state index contributed by atoms with van der Waals surface area (Å²) in [5.41, 5.74) is 1.16. The van der Waals surface area contributed by atoms with Gasteiger partial charge in [0.25, 0.3) is 5.91 Å². The van der Waals surface area contributed by atoms with Gasteiger partial charge in [-0.05, 0) is 29.1 Å². The molecule has 0 fully saturated rings. The van der Waals surface area contributed by atoms with Crippen molar-refractivity contribution >= 4 is 17.2 Å². The van der Waals surface area contributed by atoms with Crippen LogP contribution in [0.25, 0.3) is 0 Å². The van der Waals surface area contributed by atoms with Gasteiger partial charge < -0.3 is 4.90 Å². The van der Waals surface area contributed by atoms with Crippen molar-refractivity contribution in [3.05, 3.63) is 57.8 Å². The van der Waals surface area contributed by atoms with Gasteiger partial charge in [0.2, 0.25) is 0 Å². The van der Waals surface area contributed by atoms with Crippen molar-refractivity contribution in [2.24, 2.45) is 0 Å². The lowest BCUT2D eigenvalue weighted by molar-refractivity contribution is 0.0785. The molecule has 1 aromatic carbocycles. The molecular weight excluding hydrogens is 256 g/mol. The van der Waals surface area contributed by atoms with Crippen molar-refractivity contribution in [2.45, 2.75) is 6.54 Å². The largest absolute Gasteiger partial charge is 0.337 e. The number of rotatable bonds is 3. The maximum Gasteiger partial charge on any atom is 0.254 e. The number of nitrogens with zero attached hydrogens (tertiary/aromatic N) is 1. The second-order valence-electron chi connectivity index (χ2n) is 3.92. The monoisotopic (exact) mass is 267 g/mol. The van der Waals surface area contributed by atoms with E-state index in [0.717, 1.165) is 12.1 Å². The molecule has 5 heteroatoms. The number of hydrogen-bond acceptors (Lipinski definition) is 2. The molecule has 2 nitrogen and oxygen atoms in total. The van der Waals surface area contributed by atoms with Crippen LogP contribution < -0.4 is 0 Å². The first-order valence-electron chi connectivity index (χ1n) is 5.29. The first-order chi connectivity index (χ1) is 8.58. The van der Waals surface area contributed by atoms with Crippen molar-refractivity contribution < 1.29 is 13.6 Å². The third-order valence-electron chi connectivity index (χ3n) is 2.52. The molecule has 0 unspecified atom stereocenters. The van der Waals surface area contributed by atoms with E-state index in [1.807, 2.05) is 5.38 Å². The van der Waals surface area contributed by atoms with Crippen LogP contribution in [0, 0.1) is 11.6 Å². The van der Waals surface area contributed by atoms with Crippen molar-refractivity contribution in [2.75, 3.05) is 7.05 Å². The van der Waals surface area contributed by atoms with Gasteiger partial charge in [-0.25, -0.2) is 8.78 Å². The standard InChI is InChI=1S/C13H11F2NOS/c1-16(13(17)10-4-5-18-8-10)7-9-2-3-11(14)12(15)6-9/h2-6,8H,7H2,1H3. The molecule has 0 aliphatic carbocycles. The number of benzene rings is 1. The lowest BCUT2D eigenvalue weighted by atomic mass is 10.2. The summed E-state index contributed by atoms with van der Waals surface area (Å²) in [4.78, 5) is 13.4. The number of carbonyl (C=O) groups excluding carboxylic acids is 1. The highest BCUT2D eigenvalue weighted by atomic mass is 32.1. The SMILES string of the molecule is CN(Cc1ccc(F)c(F)c1)C(=O)c1ccsc1. The average Bonchev–Trinajstić information content (AvgIpc) is 2.86. The third kappa shape index (κ3) is 2.73. The van der Waals surface area contributed by atoms with Crippen molar-refractivity contribution in [3.63, 3.8) is 0 Å². The molecule has 0 bridgehead atoms. The molecule has 0 aliphatic heterocycles. The van der Waals surface area contributed by atoms with Crippen molar-refractivity contribution in [1.82, 2.24) is 4.90 Å². The fourth-order valence-electron chi connectivity index (χ4n) is 1.59. The molecule has 0 atom stereocenters. The van der Waals surface area contributed by atoms with Gasteiger partial charge in [-0.2, -0.15) is 11.3 Å². The van der Waals surface area contributed by atoms with E-state index in [4.69, 9.17) is 0 Å². The van der Waals surface area contributed by atoms with Crippen LogP contribution in [0.2, 0.25) is 0 Å². The Labute approximate surface area is 107 Å². The van der Waals surface area contributed by atoms with Gasteiger partial charge >= 0.3 is 0 Å². The summed E-state index contributed by atoms with van der Waals surface area (Å²) in [6.07, 6.45) is 0. The highest BCUT2D eigenvalue weighted by molar-refractivity contribution is 7.08. The van der Waals surface area contributed by atoms with Crippen LogP contribution in [0.3, 0.4) is 0 Å². The van der Waals surface area contributed by atoms with Crippen LogP contribution in [-0.2, 0) is 6.54 Å². The number of amides is 1. The molecule has 0 saturated carbocycles. The van der Waals surface area contributed by atoms with Gasteiger partial charge in [-0.1, -0.05) is 6.07 Å². The van der Waals surface area contributed by atoms with Crippen LogP contribution in [0.1, 0.15) is 15.9 Å². The maximum atomic E-state index is 13.0. The van der Waals surface area contributed by atoms with E-state index in [-0.39, 0.29) is 12.5 Å². The Hall–Kier alpha value is -1.75. The molecule has 0 saturated heterocycles. The van der Waals surface area contributed by atoms with E-state index < -0.39 is 11.6 Å². The molecule has 1 heterocycles. The molecule has 2 rings (SSSR count). The van der Waals surface area contributed by atoms with Crippen LogP contribution in [0.15, 0.2) is 35.0 Å². The first-order valence-corrected chi connectivity index (χ1v) is 6.24. The summed E-state index contributed by atoms with van der Waals surface area (Å²) in [5.74, 6) is -1.92. The smallest absolute Gasteiger partial charge is 0.254 e. The van der Waals surface area contributed by atoms with E-state index in [1.54, 1.807) is 18.5 Å². The van der Waals surface area contributed by atoms with Crippen LogP contribution in [-0.4, -0.2) is 17.9 Å². The summed E-state index contributed by atoms with van der Waals surface area (Å²) in [5, 5.41) is 3.57. The Morgan fingerprint density at radius 3 is 2.67 bits per heavy atom. The highest BCUT2D eigenvalue weighted by Gasteiger charge is 2.13. The van der Waals surface area contributed by atoms with E-state index >= 15 is 0 Å². The van der Waals surface area contributed by atoms with Gasteiger partial charge in [0.05, 0.1) is 5.56 Å². The molecule has 0 radical (unpaired) electrons. The van der Waals surface area contributed by atoms with Crippen LogP contribution >= 0.6 is 11.3 Å². The Morgan fingerprint density at radius 2 is 2.06 bits per heavy atom. The molecule has 1 aromatic heterocycles. The minimum Gasteiger partial charge on any atom is -0.337 e. The van der Waals surface area contributed by atoms with E-state index in [0.29, 0.717) is 11.1 Å². The molecule has 94 valence electrons. The van der Waals surface area contributed by atoms with Gasteiger partial charge in [0.15, 0.2) is 11.6 Å². The lowest BCUT2D eigenvalue weighted by Crippen LogP contribution is -2.25. The van der Waals surface area contributed by atoms with Crippen molar-refractivity contribution in [3.8, 4) is 0 Å². The van der Waals surface area contributed by atoms with Gasteiger partial charge in [-0.3, -0.25) is 4.79 Å². The molecule has 0 spiro atoms. The Balaban J connectivity index is 2.09. The quantitative estimate of drug-likeness (QED) is 0.835. The maximum absolute atomic E-state index is 13.0. The topological polar surface area (TPSA) is 20.3 Å². The van der Waals surface area contributed by atoms with Gasteiger partial charge in [0, 0.05) is 19.0 Å². The molecule has 2 aromatic rings. The fourth-order valence-corrected chi connectivity index (χ4v) is 2.22. The zero-order valence-corrected chi connectivity index (χ0v) is 10.5. The Bertz CT molecular complexity index is 554. The van der Waals surface area contributed by atoms with Crippen LogP contribution in [0.5, 0.6) is 0 Å². The summed E-state index contributed by atoms with van der Waals surface area (Å²) >= 11 is 1.44. The summed E-state index contributed by atoms with van der Waals surface area (Å²) in [6.45, 7) is 0.242. The first kappa shape index (κ1) is 12.7. The second-order valence-corrected chi connectivity index (χ2v) is 4.70. The summed E-state index contributed by atoms with van der Waals surface area (Å²) < 4.78 is 25.8. The number of carbonyl (C=O) groups is 1. The predicted octanol–water partition coefficient (Wildman–Crippen LogP) is 3.30. The minimum atomic E-state index is -0.899. The zero-order valence-electron chi connectivity index (χ0n) is 9.69. The lowest BCUT2D eigenvalue weighted by Gasteiger charge is -2.16. The predicted molar refractivity (Wildman–Crippen MR) is 66.5 cm³/mol. The van der Waals surface area contributed by atoms with Gasteiger partial charge in [-0.15, -0.1) is 0 Å². The summed E-state index contributed by atoms with van der Waals surface area (Å²) in [6, 6.07) is 5.37. The fraction of sp³-hybridized carbons (Fsp3) is 0.154. The molecule has 1 amide bonds.